The molecule has 246 valence electrons. The van der Waals surface area contributed by atoms with E-state index in [9.17, 15) is 20.4 Å². The van der Waals surface area contributed by atoms with Crippen LogP contribution in [0.5, 0.6) is 34.5 Å². The first-order valence-corrected chi connectivity index (χ1v) is 18.6. The molecule has 2 heterocycles. The third-order valence-electron chi connectivity index (χ3n) is 10.2. The summed E-state index contributed by atoms with van der Waals surface area (Å²) in [5.41, 5.74) is 5.87. The summed E-state index contributed by atoms with van der Waals surface area (Å²) in [6, 6.07) is 10.9. The smallest absolute Gasteiger partial charge is 0.200 e. The Bertz CT molecular complexity index is 1570. The van der Waals surface area contributed by atoms with Crippen LogP contribution in [0.15, 0.2) is 36.4 Å². The highest BCUT2D eigenvalue weighted by atomic mass is 33.1. The molecule has 0 radical (unpaired) electrons. The lowest BCUT2D eigenvalue weighted by atomic mass is 9.71. The topological polar surface area (TPSA) is 118 Å². The van der Waals surface area contributed by atoms with Gasteiger partial charge in [0.25, 0.3) is 0 Å². The predicted octanol–water partition coefficient (Wildman–Crippen LogP) is 7.11. The molecule has 1 fully saturated rings. The van der Waals surface area contributed by atoms with Gasteiger partial charge < -0.3 is 39.4 Å². The average Bonchev–Trinajstić information content (AvgIpc) is 3.07. The minimum absolute atomic E-state index is 0.108. The molecule has 0 saturated heterocycles. The van der Waals surface area contributed by atoms with E-state index in [0.29, 0.717) is 34.0 Å². The van der Waals surface area contributed by atoms with Gasteiger partial charge in [-0.05, 0) is 84.9 Å². The Kier molecular flexibility index (Phi) is 9.15. The number of fused-ring (bicyclic) bond motifs is 6. The number of phenols is 2. The van der Waals surface area contributed by atoms with E-state index in [1.54, 1.807) is 18.2 Å². The van der Waals surface area contributed by atoms with E-state index in [2.05, 4.69) is 0 Å². The van der Waals surface area contributed by atoms with Crippen molar-refractivity contribution in [3.63, 3.8) is 0 Å². The van der Waals surface area contributed by atoms with E-state index in [4.69, 9.17) is 18.9 Å². The van der Waals surface area contributed by atoms with E-state index >= 15 is 0 Å². The quantitative estimate of drug-likeness (QED) is 0.203. The third kappa shape index (κ3) is 5.76. The van der Waals surface area contributed by atoms with Crippen LogP contribution >= 0.6 is 21.6 Å². The summed E-state index contributed by atoms with van der Waals surface area (Å²) in [5, 5.41) is 43.8. The van der Waals surface area contributed by atoms with E-state index in [1.165, 1.54) is 39.9 Å². The first kappa shape index (κ1) is 31.7. The second-order valence-corrected chi connectivity index (χ2v) is 15.6. The summed E-state index contributed by atoms with van der Waals surface area (Å²) in [6.07, 6.45) is 6.21. The van der Waals surface area contributed by atoms with Crippen molar-refractivity contribution in [2.45, 2.75) is 74.2 Å². The standard InChI is InChI=1S/C36H42O8S2/c1-41-30-14-21(15-31(42-2)35(30)40)36-34(39)27-18-45-46-23-5-3-4-19(12-23)6-7-20-13-26-32(24-9-8-22(38)16-25(20)24)28(43-11-10-37)17-29(44-36)33(26)27/h8-9,14-17,19-20,23,27,34,36-40H,3-7,10-13,18H2,1-2H3. The van der Waals surface area contributed by atoms with Gasteiger partial charge in [0.2, 0.25) is 5.75 Å². The Labute approximate surface area is 277 Å². The molecule has 46 heavy (non-hydrogen) atoms. The Hall–Kier alpha value is -2.92. The van der Waals surface area contributed by atoms with Gasteiger partial charge in [0.1, 0.15) is 30.0 Å². The number of aliphatic hydroxyl groups is 2. The van der Waals surface area contributed by atoms with Gasteiger partial charge in [-0.25, -0.2) is 0 Å². The van der Waals surface area contributed by atoms with Crippen molar-refractivity contribution in [2.75, 3.05) is 33.2 Å². The number of methoxy groups -OCH3 is 2. The molecule has 6 atom stereocenters. The van der Waals surface area contributed by atoms with Crippen molar-refractivity contribution in [1.82, 2.24) is 0 Å². The zero-order valence-electron chi connectivity index (χ0n) is 26.2. The van der Waals surface area contributed by atoms with Crippen molar-refractivity contribution in [3.05, 3.63) is 58.7 Å². The normalized spacial score (nSPS) is 26.8. The lowest BCUT2D eigenvalue weighted by molar-refractivity contribution is 0.00415. The largest absolute Gasteiger partial charge is 0.508 e. The van der Waals surface area contributed by atoms with Gasteiger partial charge in [-0.2, -0.15) is 0 Å². The molecule has 3 aromatic rings. The second kappa shape index (κ2) is 13.3. The molecule has 4 bridgehead atoms. The Morgan fingerprint density at radius 1 is 0.957 bits per heavy atom. The summed E-state index contributed by atoms with van der Waals surface area (Å²) in [6.45, 7) is -0.00920. The van der Waals surface area contributed by atoms with Gasteiger partial charge in [-0.3, -0.25) is 0 Å². The number of hydrogen-bond donors (Lipinski definition) is 4. The van der Waals surface area contributed by atoms with Crippen molar-refractivity contribution in [3.8, 4) is 45.6 Å². The zero-order valence-corrected chi connectivity index (χ0v) is 27.9. The van der Waals surface area contributed by atoms with Gasteiger partial charge >= 0.3 is 0 Å². The molecule has 0 amide bonds. The maximum absolute atomic E-state index is 12.2. The molecule has 3 aromatic carbocycles. The molecule has 8 nitrogen and oxygen atoms in total. The SMILES string of the molecule is COc1cc(C2Oc3cc(OCCO)c4c5c3C(CSSC3CCCC(CCC(C5)c5cc(O)ccc5-4)C3)C2O)cc(OC)c1O. The number of rotatable bonds is 6. The van der Waals surface area contributed by atoms with Crippen LogP contribution < -0.4 is 18.9 Å². The van der Waals surface area contributed by atoms with Crippen molar-refractivity contribution < 1.29 is 39.4 Å². The monoisotopic (exact) mass is 666 g/mol. The summed E-state index contributed by atoms with van der Waals surface area (Å²) in [7, 11) is 6.77. The number of benzene rings is 3. The van der Waals surface area contributed by atoms with Crippen molar-refractivity contribution in [1.29, 1.82) is 0 Å². The molecule has 0 aromatic heterocycles. The number of aliphatic hydroxyl groups excluding tert-OH is 2. The number of hydrogen-bond acceptors (Lipinski definition) is 10. The van der Waals surface area contributed by atoms with Gasteiger partial charge in [-0.15, -0.1) is 0 Å². The van der Waals surface area contributed by atoms with Crippen molar-refractivity contribution in [2.24, 2.45) is 5.92 Å². The lowest BCUT2D eigenvalue weighted by Gasteiger charge is -2.41. The zero-order chi connectivity index (χ0) is 31.9. The number of phenolic OH excluding ortho intramolecular Hbond substituents is 2. The molecule has 4 aliphatic rings. The maximum atomic E-state index is 12.2. The molecule has 7 rings (SSSR count). The highest BCUT2D eigenvalue weighted by Crippen LogP contribution is 2.57. The summed E-state index contributed by atoms with van der Waals surface area (Å²) in [4.78, 5) is 0. The Morgan fingerprint density at radius 3 is 2.52 bits per heavy atom. The van der Waals surface area contributed by atoms with Gasteiger partial charge in [0.15, 0.2) is 17.6 Å². The van der Waals surface area contributed by atoms with E-state index in [-0.39, 0.29) is 48.0 Å². The van der Waals surface area contributed by atoms with Crippen LogP contribution in [0.1, 0.15) is 78.7 Å². The molecule has 2 aliphatic heterocycles. The minimum Gasteiger partial charge on any atom is -0.508 e. The molecule has 1 saturated carbocycles. The molecule has 2 aliphatic carbocycles. The molecule has 10 heteroatoms. The van der Waals surface area contributed by atoms with Crippen molar-refractivity contribution >= 4 is 21.6 Å². The number of ether oxygens (including phenoxy) is 4. The first-order chi connectivity index (χ1) is 22.4. The van der Waals surface area contributed by atoms with Gasteiger partial charge in [-0.1, -0.05) is 40.5 Å². The van der Waals surface area contributed by atoms with Crippen LogP contribution in [0, 0.1) is 5.92 Å². The van der Waals surface area contributed by atoms with Gasteiger partial charge in [0, 0.05) is 39.7 Å². The lowest BCUT2D eigenvalue weighted by Crippen LogP contribution is -2.37. The molecular formula is C36H42O8S2. The third-order valence-corrected chi connectivity index (χ3v) is 13.2. The van der Waals surface area contributed by atoms with Crippen LogP contribution in [0.3, 0.4) is 0 Å². The highest BCUT2D eigenvalue weighted by Gasteiger charge is 2.44. The van der Waals surface area contributed by atoms with E-state index in [1.807, 2.05) is 39.8 Å². The fourth-order valence-corrected chi connectivity index (χ4v) is 11.2. The van der Waals surface area contributed by atoms with E-state index in [0.717, 1.165) is 47.1 Å². The fourth-order valence-electron chi connectivity index (χ4n) is 8.06. The molecule has 6 unspecified atom stereocenters. The van der Waals surface area contributed by atoms with E-state index < -0.39 is 12.2 Å². The highest BCUT2D eigenvalue weighted by molar-refractivity contribution is 8.76. The predicted molar refractivity (Wildman–Crippen MR) is 181 cm³/mol. The summed E-state index contributed by atoms with van der Waals surface area (Å²) < 4.78 is 23.9. The van der Waals surface area contributed by atoms with Gasteiger partial charge in [0.05, 0.1) is 20.8 Å². The molecular weight excluding hydrogens is 625 g/mol. The van der Waals surface area contributed by atoms with Crippen LogP contribution in [0.2, 0.25) is 0 Å². The molecule has 4 N–H and O–H groups in total. The maximum Gasteiger partial charge on any atom is 0.200 e. The Balaban J connectivity index is 1.42. The van der Waals surface area contributed by atoms with Crippen LogP contribution in [-0.2, 0) is 6.42 Å². The van der Waals surface area contributed by atoms with Crippen LogP contribution in [0.4, 0.5) is 0 Å². The first-order valence-electron chi connectivity index (χ1n) is 16.2. The second-order valence-electron chi connectivity index (χ2n) is 12.9. The molecule has 0 spiro atoms. The van der Waals surface area contributed by atoms with Crippen LogP contribution in [0.25, 0.3) is 11.1 Å². The number of aromatic hydroxyl groups is 2. The fraction of sp³-hybridized carbons (Fsp3) is 0.500. The average molecular weight is 667 g/mol. The summed E-state index contributed by atoms with van der Waals surface area (Å²) in [5.74, 6) is 3.23. The summed E-state index contributed by atoms with van der Waals surface area (Å²) >= 11 is 0. The van der Waals surface area contributed by atoms with Crippen LogP contribution in [-0.4, -0.2) is 65.0 Å². The minimum atomic E-state index is -0.892. The Morgan fingerprint density at radius 2 is 1.76 bits per heavy atom.